The molecule has 45 heavy (non-hydrogen) atoms. The van der Waals surface area contributed by atoms with Crippen LogP contribution < -0.4 is 4.74 Å². The number of methoxy groups -OCH3 is 1. The van der Waals surface area contributed by atoms with Crippen LogP contribution in [0, 0.1) is 23.7 Å². The molecule has 3 saturated carbocycles. The third kappa shape index (κ3) is 10.7. The summed E-state index contributed by atoms with van der Waals surface area (Å²) in [6, 6.07) is 6.37. The van der Waals surface area contributed by atoms with E-state index in [1.165, 1.54) is 81.8 Å². The number of carbonyl (C=O) groups excluding carboxylic acids is 2. The van der Waals surface area contributed by atoms with E-state index >= 15 is 0 Å². The Bertz CT molecular complexity index is 1070. The maximum Gasteiger partial charge on any atom is 0.338 e. The molecule has 1 aromatic carbocycles. The zero-order chi connectivity index (χ0) is 32.2. The fraction of sp³-hybridized carbons (Fsp3) is 0.744. The molecule has 0 saturated heterocycles. The first-order chi connectivity index (χ1) is 21.8. The second kappa shape index (κ2) is 18.2. The zero-order valence-corrected chi connectivity index (χ0v) is 28.7. The lowest BCUT2D eigenvalue weighted by atomic mass is 9.67. The number of rotatable bonds is 15. The highest BCUT2D eigenvalue weighted by Gasteiger charge is 2.33. The molecule has 0 heterocycles. The van der Waals surface area contributed by atoms with Gasteiger partial charge in [-0.15, -0.1) is 0 Å². The van der Waals surface area contributed by atoms with E-state index in [9.17, 15) is 9.59 Å². The molecule has 6 heteroatoms. The van der Waals surface area contributed by atoms with Crippen molar-refractivity contribution in [1.29, 1.82) is 0 Å². The van der Waals surface area contributed by atoms with Crippen molar-refractivity contribution >= 4 is 11.9 Å². The summed E-state index contributed by atoms with van der Waals surface area (Å²) in [4.78, 5) is 24.4. The molecule has 0 N–H and O–H groups in total. The SMILES string of the molecule is C=C(C)C(=O)Oc1ccc(C2CCC(OCCOC(=O)C(C)COC)CC2)c(C2CCC(C3CCC(CCCC)CC3)CC2)c1. The highest BCUT2D eigenvalue weighted by molar-refractivity contribution is 5.88. The highest BCUT2D eigenvalue weighted by atomic mass is 16.6. The fourth-order valence-electron chi connectivity index (χ4n) is 8.24. The molecule has 0 aromatic heterocycles. The molecule has 3 fully saturated rings. The van der Waals surface area contributed by atoms with Gasteiger partial charge in [-0.25, -0.2) is 4.79 Å². The molecule has 252 valence electrons. The minimum Gasteiger partial charge on any atom is -0.463 e. The quantitative estimate of drug-likeness (QED) is 0.0838. The third-order valence-corrected chi connectivity index (χ3v) is 11.0. The van der Waals surface area contributed by atoms with Crippen molar-refractivity contribution in [3.05, 3.63) is 41.5 Å². The molecule has 0 spiro atoms. The summed E-state index contributed by atoms with van der Waals surface area (Å²) in [7, 11) is 1.59. The lowest BCUT2D eigenvalue weighted by Crippen LogP contribution is -2.26. The van der Waals surface area contributed by atoms with Gasteiger partial charge in [0.15, 0.2) is 0 Å². The van der Waals surface area contributed by atoms with Crippen molar-refractivity contribution < 1.29 is 28.5 Å². The molecule has 0 bridgehead atoms. The molecule has 1 atom stereocenters. The third-order valence-electron chi connectivity index (χ3n) is 11.0. The van der Waals surface area contributed by atoms with Crippen molar-refractivity contribution in [3.8, 4) is 5.75 Å². The maximum absolute atomic E-state index is 12.4. The largest absolute Gasteiger partial charge is 0.463 e. The van der Waals surface area contributed by atoms with Gasteiger partial charge in [0.2, 0.25) is 0 Å². The van der Waals surface area contributed by atoms with Crippen LogP contribution in [0.25, 0.3) is 0 Å². The van der Waals surface area contributed by atoms with E-state index in [1.54, 1.807) is 14.0 Å². The Balaban J connectivity index is 1.32. The Hall–Kier alpha value is -2.18. The Morgan fingerprint density at radius 2 is 1.49 bits per heavy atom. The molecule has 3 aliphatic rings. The van der Waals surface area contributed by atoms with Gasteiger partial charge in [-0.2, -0.15) is 0 Å². The summed E-state index contributed by atoms with van der Waals surface area (Å²) in [6.45, 7) is 10.7. The predicted octanol–water partition coefficient (Wildman–Crippen LogP) is 9.31. The second-order valence-electron chi connectivity index (χ2n) is 14.4. The molecule has 1 aromatic rings. The van der Waals surface area contributed by atoms with E-state index in [0.717, 1.165) is 43.4 Å². The Morgan fingerprint density at radius 3 is 2.11 bits per heavy atom. The van der Waals surface area contributed by atoms with Crippen molar-refractivity contribution in [1.82, 2.24) is 0 Å². The average molecular weight is 625 g/mol. The summed E-state index contributed by atoms with van der Waals surface area (Å²) >= 11 is 0. The second-order valence-corrected chi connectivity index (χ2v) is 14.4. The van der Waals surface area contributed by atoms with Gasteiger partial charge in [0.25, 0.3) is 0 Å². The molecule has 6 nitrogen and oxygen atoms in total. The standard InChI is InChI=1S/C39H60O6/c1-6-7-8-29-9-11-30(12-10-29)31-13-15-33(16-14-31)37-25-35(45-38(40)27(2)3)21-22-36(37)32-17-19-34(20-18-32)43-23-24-44-39(41)28(4)26-42-5/h21-22,25,28-34H,2,6-20,23-24,26H2,1,3-5H3. The average Bonchev–Trinajstić information content (AvgIpc) is 3.06. The lowest BCUT2D eigenvalue weighted by Gasteiger charge is -2.39. The Morgan fingerprint density at radius 1 is 0.867 bits per heavy atom. The minimum atomic E-state index is -0.358. The van der Waals surface area contributed by atoms with Gasteiger partial charge < -0.3 is 18.9 Å². The number of ether oxygens (including phenoxy) is 4. The molecular formula is C39H60O6. The number of benzene rings is 1. The van der Waals surface area contributed by atoms with E-state index in [4.69, 9.17) is 18.9 Å². The van der Waals surface area contributed by atoms with Crippen LogP contribution >= 0.6 is 0 Å². The van der Waals surface area contributed by atoms with Crippen LogP contribution in [0.1, 0.15) is 140 Å². The smallest absolute Gasteiger partial charge is 0.338 e. The summed E-state index contributed by atoms with van der Waals surface area (Å²) in [6.07, 6.45) is 19.3. The number of esters is 2. The molecule has 0 aliphatic heterocycles. The van der Waals surface area contributed by atoms with Gasteiger partial charge in [-0.1, -0.05) is 51.7 Å². The highest BCUT2D eigenvalue weighted by Crippen LogP contribution is 2.47. The predicted molar refractivity (Wildman–Crippen MR) is 180 cm³/mol. The minimum absolute atomic E-state index is 0.197. The van der Waals surface area contributed by atoms with Crippen LogP contribution in [-0.2, 0) is 23.8 Å². The van der Waals surface area contributed by atoms with E-state index in [0.29, 0.717) is 36.4 Å². The molecule has 0 radical (unpaired) electrons. The molecule has 3 aliphatic carbocycles. The summed E-state index contributed by atoms with van der Waals surface area (Å²) < 4.78 is 22.2. The van der Waals surface area contributed by atoms with Gasteiger partial charge in [-0.3, -0.25) is 4.79 Å². The summed E-state index contributed by atoms with van der Waals surface area (Å²) in [5.74, 6) is 3.54. The van der Waals surface area contributed by atoms with Gasteiger partial charge in [0.05, 0.1) is 25.2 Å². The van der Waals surface area contributed by atoms with Gasteiger partial charge in [-0.05, 0) is 131 Å². The van der Waals surface area contributed by atoms with Crippen LogP contribution in [0.4, 0.5) is 0 Å². The van der Waals surface area contributed by atoms with Crippen molar-refractivity contribution in [2.75, 3.05) is 26.9 Å². The van der Waals surface area contributed by atoms with Crippen LogP contribution in [0.5, 0.6) is 5.75 Å². The Labute approximate surface area is 273 Å². The molecule has 0 amide bonds. The number of hydrogen-bond donors (Lipinski definition) is 0. The summed E-state index contributed by atoms with van der Waals surface area (Å²) in [5, 5.41) is 0. The lowest BCUT2D eigenvalue weighted by molar-refractivity contribution is -0.152. The van der Waals surface area contributed by atoms with E-state index in [1.807, 2.05) is 13.0 Å². The van der Waals surface area contributed by atoms with Gasteiger partial charge in [0, 0.05) is 12.7 Å². The fourth-order valence-corrected chi connectivity index (χ4v) is 8.24. The van der Waals surface area contributed by atoms with Crippen LogP contribution in [0.15, 0.2) is 30.4 Å². The Kier molecular flexibility index (Phi) is 14.5. The number of carbonyl (C=O) groups is 2. The first-order valence-electron chi connectivity index (χ1n) is 18.1. The molecule has 4 rings (SSSR count). The van der Waals surface area contributed by atoms with Crippen molar-refractivity contribution in [2.45, 2.75) is 135 Å². The topological polar surface area (TPSA) is 71.1 Å². The monoisotopic (exact) mass is 624 g/mol. The molecular weight excluding hydrogens is 564 g/mol. The zero-order valence-electron chi connectivity index (χ0n) is 28.7. The first-order valence-corrected chi connectivity index (χ1v) is 18.1. The normalized spacial score (nSPS) is 27.8. The van der Waals surface area contributed by atoms with E-state index in [2.05, 4.69) is 25.6 Å². The first kappa shape index (κ1) is 35.7. The summed E-state index contributed by atoms with van der Waals surface area (Å²) in [5.41, 5.74) is 3.25. The van der Waals surface area contributed by atoms with E-state index in [-0.39, 0.29) is 30.6 Å². The number of unbranched alkanes of at least 4 members (excludes halogenated alkanes) is 1. The van der Waals surface area contributed by atoms with Gasteiger partial charge >= 0.3 is 11.9 Å². The van der Waals surface area contributed by atoms with Crippen molar-refractivity contribution in [2.24, 2.45) is 23.7 Å². The van der Waals surface area contributed by atoms with Crippen LogP contribution in [0.3, 0.4) is 0 Å². The maximum atomic E-state index is 12.4. The van der Waals surface area contributed by atoms with Crippen LogP contribution in [-0.4, -0.2) is 45.0 Å². The van der Waals surface area contributed by atoms with Gasteiger partial charge in [0.1, 0.15) is 12.4 Å². The van der Waals surface area contributed by atoms with E-state index < -0.39 is 0 Å². The van der Waals surface area contributed by atoms with Crippen molar-refractivity contribution in [3.63, 3.8) is 0 Å². The number of hydrogen-bond acceptors (Lipinski definition) is 6. The molecule has 1 unspecified atom stereocenters. The van der Waals surface area contributed by atoms with Crippen LogP contribution in [0.2, 0.25) is 0 Å².